The molecule has 0 spiro atoms. The Labute approximate surface area is 107 Å². The van der Waals surface area contributed by atoms with Crippen LogP contribution in [0.3, 0.4) is 0 Å². The lowest BCUT2D eigenvalue weighted by Crippen LogP contribution is -2.51. The van der Waals surface area contributed by atoms with Crippen molar-refractivity contribution >= 4 is 0 Å². The van der Waals surface area contributed by atoms with Gasteiger partial charge in [0.25, 0.3) is 0 Å². The number of rotatable bonds is 8. The molecule has 1 atom stereocenters. The Balaban J connectivity index is 2.08. The summed E-state index contributed by atoms with van der Waals surface area (Å²) in [4.78, 5) is 2.58. The van der Waals surface area contributed by atoms with Gasteiger partial charge >= 0.3 is 0 Å². The molecule has 0 aliphatic carbocycles. The molecule has 1 unspecified atom stereocenters. The monoisotopic (exact) mass is 242 g/mol. The number of hydrogen-bond acceptors (Lipinski definition) is 3. The SMILES string of the molecule is CCCOCCCN1CCNC(CC(C)C)C1. The predicted molar refractivity (Wildman–Crippen MR) is 73.4 cm³/mol. The first-order valence-corrected chi connectivity index (χ1v) is 7.25. The van der Waals surface area contributed by atoms with Crippen molar-refractivity contribution in [2.75, 3.05) is 39.4 Å². The van der Waals surface area contributed by atoms with Gasteiger partial charge in [-0.15, -0.1) is 0 Å². The van der Waals surface area contributed by atoms with Gasteiger partial charge in [-0.3, -0.25) is 0 Å². The van der Waals surface area contributed by atoms with Gasteiger partial charge in [0.2, 0.25) is 0 Å². The zero-order valence-corrected chi connectivity index (χ0v) is 11.9. The van der Waals surface area contributed by atoms with Crippen LogP contribution in [0, 0.1) is 5.92 Å². The summed E-state index contributed by atoms with van der Waals surface area (Å²) in [7, 11) is 0. The lowest BCUT2D eigenvalue weighted by molar-refractivity contribution is 0.112. The van der Waals surface area contributed by atoms with Crippen LogP contribution < -0.4 is 5.32 Å². The van der Waals surface area contributed by atoms with E-state index in [1.54, 1.807) is 0 Å². The number of hydrogen-bond donors (Lipinski definition) is 1. The first-order valence-electron chi connectivity index (χ1n) is 7.25. The lowest BCUT2D eigenvalue weighted by atomic mass is 10.0. The van der Waals surface area contributed by atoms with Crippen LogP contribution in [0.2, 0.25) is 0 Å². The van der Waals surface area contributed by atoms with Crippen LogP contribution in [0.25, 0.3) is 0 Å². The van der Waals surface area contributed by atoms with Crippen LogP contribution >= 0.6 is 0 Å². The molecule has 0 saturated carbocycles. The Morgan fingerprint density at radius 2 is 2.18 bits per heavy atom. The summed E-state index contributed by atoms with van der Waals surface area (Å²) in [6, 6.07) is 0.695. The molecule has 0 radical (unpaired) electrons. The van der Waals surface area contributed by atoms with Crippen molar-refractivity contribution in [2.45, 2.75) is 46.1 Å². The fourth-order valence-electron chi connectivity index (χ4n) is 2.46. The molecule has 0 aromatic heterocycles. The molecule has 0 aromatic rings. The van der Waals surface area contributed by atoms with E-state index in [4.69, 9.17) is 4.74 Å². The van der Waals surface area contributed by atoms with Crippen molar-refractivity contribution in [3.8, 4) is 0 Å². The van der Waals surface area contributed by atoms with Crippen LogP contribution in [0.5, 0.6) is 0 Å². The third-order valence-electron chi connectivity index (χ3n) is 3.21. The maximum atomic E-state index is 5.52. The van der Waals surface area contributed by atoms with Gasteiger partial charge in [-0.05, 0) is 25.2 Å². The van der Waals surface area contributed by atoms with E-state index < -0.39 is 0 Å². The smallest absolute Gasteiger partial charge is 0.0478 e. The van der Waals surface area contributed by atoms with Crippen LogP contribution in [0.15, 0.2) is 0 Å². The minimum Gasteiger partial charge on any atom is -0.381 e. The van der Waals surface area contributed by atoms with E-state index in [-0.39, 0.29) is 0 Å². The third-order valence-corrected chi connectivity index (χ3v) is 3.21. The summed E-state index contributed by atoms with van der Waals surface area (Å²) in [5, 5.41) is 3.62. The highest BCUT2D eigenvalue weighted by atomic mass is 16.5. The molecule has 1 N–H and O–H groups in total. The summed E-state index contributed by atoms with van der Waals surface area (Å²) in [6.07, 6.45) is 3.60. The molecular weight excluding hydrogens is 212 g/mol. The number of nitrogens with zero attached hydrogens (tertiary/aromatic N) is 1. The molecule has 1 heterocycles. The zero-order chi connectivity index (χ0) is 12.5. The molecule has 17 heavy (non-hydrogen) atoms. The molecule has 0 bridgehead atoms. The molecule has 0 aromatic carbocycles. The third kappa shape index (κ3) is 7.02. The Kier molecular flexibility index (Phi) is 7.82. The summed E-state index contributed by atoms with van der Waals surface area (Å²) in [5.74, 6) is 0.792. The second-order valence-electron chi connectivity index (χ2n) is 5.55. The van der Waals surface area contributed by atoms with Crippen molar-refractivity contribution in [1.29, 1.82) is 0 Å². The molecule has 1 aliphatic heterocycles. The molecule has 3 heteroatoms. The molecule has 0 amide bonds. The molecule has 102 valence electrons. The van der Waals surface area contributed by atoms with E-state index in [0.29, 0.717) is 6.04 Å². The minimum atomic E-state index is 0.695. The van der Waals surface area contributed by atoms with E-state index in [0.717, 1.165) is 32.1 Å². The summed E-state index contributed by atoms with van der Waals surface area (Å²) in [5.41, 5.74) is 0. The van der Waals surface area contributed by atoms with Gasteiger partial charge in [0.15, 0.2) is 0 Å². The highest BCUT2D eigenvalue weighted by molar-refractivity contribution is 4.79. The summed E-state index contributed by atoms with van der Waals surface area (Å²) in [6.45, 7) is 13.4. The van der Waals surface area contributed by atoms with Crippen molar-refractivity contribution in [1.82, 2.24) is 10.2 Å². The predicted octanol–water partition coefficient (Wildman–Crippen LogP) is 2.12. The number of ether oxygens (including phenoxy) is 1. The van der Waals surface area contributed by atoms with Crippen molar-refractivity contribution in [2.24, 2.45) is 5.92 Å². The van der Waals surface area contributed by atoms with Gasteiger partial charge in [0.05, 0.1) is 0 Å². The van der Waals surface area contributed by atoms with Gasteiger partial charge in [0, 0.05) is 45.4 Å². The van der Waals surface area contributed by atoms with Gasteiger partial charge in [-0.2, -0.15) is 0 Å². The van der Waals surface area contributed by atoms with Crippen LogP contribution in [-0.2, 0) is 4.74 Å². The van der Waals surface area contributed by atoms with E-state index >= 15 is 0 Å². The molecule has 1 fully saturated rings. The van der Waals surface area contributed by atoms with Crippen molar-refractivity contribution < 1.29 is 4.74 Å². The maximum Gasteiger partial charge on any atom is 0.0478 e. The van der Waals surface area contributed by atoms with Gasteiger partial charge in [-0.1, -0.05) is 20.8 Å². The van der Waals surface area contributed by atoms with E-state index in [1.165, 1.54) is 32.5 Å². The van der Waals surface area contributed by atoms with Crippen LogP contribution in [-0.4, -0.2) is 50.3 Å². The fourth-order valence-corrected chi connectivity index (χ4v) is 2.46. The van der Waals surface area contributed by atoms with Gasteiger partial charge in [-0.25, -0.2) is 0 Å². The van der Waals surface area contributed by atoms with Crippen LogP contribution in [0.4, 0.5) is 0 Å². The minimum absolute atomic E-state index is 0.695. The van der Waals surface area contributed by atoms with Gasteiger partial charge < -0.3 is 15.0 Å². The van der Waals surface area contributed by atoms with E-state index in [2.05, 4.69) is 31.0 Å². The zero-order valence-electron chi connectivity index (χ0n) is 11.9. The standard InChI is InChI=1S/C14H30N2O/c1-4-9-17-10-5-7-16-8-6-15-14(12-16)11-13(2)3/h13-15H,4-12H2,1-3H3. The molecule has 1 aliphatic rings. The number of nitrogens with one attached hydrogen (secondary N) is 1. The van der Waals surface area contributed by atoms with E-state index in [1.807, 2.05) is 0 Å². The summed E-state index contributed by atoms with van der Waals surface area (Å²) >= 11 is 0. The van der Waals surface area contributed by atoms with E-state index in [9.17, 15) is 0 Å². The van der Waals surface area contributed by atoms with Crippen LogP contribution in [0.1, 0.15) is 40.0 Å². The Hall–Kier alpha value is -0.120. The fraction of sp³-hybridized carbons (Fsp3) is 1.00. The average molecular weight is 242 g/mol. The normalized spacial score (nSPS) is 22.2. The second-order valence-corrected chi connectivity index (χ2v) is 5.55. The van der Waals surface area contributed by atoms with Crippen molar-refractivity contribution in [3.63, 3.8) is 0 Å². The average Bonchev–Trinajstić information content (AvgIpc) is 2.28. The molecule has 1 saturated heterocycles. The second kappa shape index (κ2) is 8.90. The maximum absolute atomic E-state index is 5.52. The first-order chi connectivity index (χ1) is 8.22. The number of piperazine rings is 1. The topological polar surface area (TPSA) is 24.5 Å². The molecular formula is C14H30N2O. The Morgan fingerprint density at radius 3 is 2.88 bits per heavy atom. The largest absolute Gasteiger partial charge is 0.381 e. The summed E-state index contributed by atoms with van der Waals surface area (Å²) < 4.78 is 5.52. The first kappa shape index (κ1) is 14.9. The molecule has 3 nitrogen and oxygen atoms in total. The van der Waals surface area contributed by atoms with Gasteiger partial charge in [0.1, 0.15) is 0 Å². The Morgan fingerprint density at radius 1 is 1.35 bits per heavy atom. The Bertz CT molecular complexity index is 185. The highest BCUT2D eigenvalue weighted by Gasteiger charge is 2.19. The highest BCUT2D eigenvalue weighted by Crippen LogP contribution is 2.09. The molecule has 1 rings (SSSR count). The lowest BCUT2D eigenvalue weighted by Gasteiger charge is -2.34. The quantitative estimate of drug-likeness (QED) is 0.660. The van der Waals surface area contributed by atoms with Crippen molar-refractivity contribution in [3.05, 3.63) is 0 Å².